The van der Waals surface area contributed by atoms with Crippen LogP contribution in [0, 0.1) is 0 Å². The minimum absolute atomic E-state index is 0.127. The van der Waals surface area contributed by atoms with Gasteiger partial charge in [0.25, 0.3) is 0 Å². The molecule has 1 aromatic heterocycles. The Kier molecular flexibility index (Phi) is 4.43. The van der Waals surface area contributed by atoms with E-state index in [-0.39, 0.29) is 18.3 Å². The van der Waals surface area contributed by atoms with Crippen molar-refractivity contribution in [2.24, 2.45) is 0 Å². The summed E-state index contributed by atoms with van der Waals surface area (Å²) < 4.78 is 4.87. The van der Waals surface area contributed by atoms with Crippen molar-refractivity contribution in [3.8, 4) is 0 Å². The zero-order valence-electron chi connectivity index (χ0n) is 13.1. The van der Waals surface area contributed by atoms with Gasteiger partial charge >= 0.3 is 5.97 Å². The van der Waals surface area contributed by atoms with E-state index in [1.807, 2.05) is 36.6 Å². The predicted octanol–water partition coefficient (Wildman–Crippen LogP) is 2.38. The van der Waals surface area contributed by atoms with E-state index >= 15 is 0 Å². The van der Waals surface area contributed by atoms with Gasteiger partial charge in [-0.15, -0.1) is 11.3 Å². The van der Waals surface area contributed by atoms with Crippen molar-refractivity contribution in [2.75, 3.05) is 12.0 Å². The molecule has 23 heavy (non-hydrogen) atoms. The molecule has 0 fully saturated rings. The number of esters is 1. The van der Waals surface area contributed by atoms with Gasteiger partial charge in [0.2, 0.25) is 5.91 Å². The fourth-order valence-electron chi connectivity index (χ4n) is 2.85. The molecular formula is C17H18N2O3S. The molecule has 0 radical (unpaired) electrons. The van der Waals surface area contributed by atoms with Crippen molar-refractivity contribution >= 4 is 28.9 Å². The summed E-state index contributed by atoms with van der Waals surface area (Å²) in [4.78, 5) is 30.9. The smallest absolute Gasteiger partial charge is 0.329 e. The summed E-state index contributed by atoms with van der Waals surface area (Å²) in [5.41, 5.74) is 2.53. The van der Waals surface area contributed by atoms with Crippen LogP contribution in [0.2, 0.25) is 0 Å². The molecular weight excluding hydrogens is 312 g/mol. The molecule has 5 nitrogen and oxygen atoms in total. The summed E-state index contributed by atoms with van der Waals surface area (Å²) in [5, 5.41) is 2.92. The highest BCUT2D eigenvalue weighted by Gasteiger charge is 2.38. The lowest BCUT2D eigenvalue weighted by molar-refractivity contribution is -0.143. The highest BCUT2D eigenvalue weighted by molar-refractivity contribution is 7.09. The van der Waals surface area contributed by atoms with Gasteiger partial charge in [-0.25, -0.2) is 9.78 Å². The number of aryl methyl sites for hydroxylation is 1. The Balaban J connectivity index is 1.87. The Labute approximate surface area is 138 Å². The molecule has 3 rings (SSSR count). The summed E-state index contributed by atoms with van der Waals surface area (Å²) in [6.07, 6.45) is 1.54. The topological polar surface area (TPSA) is 59.5 Å². The van der Waals surface area contributed by atoms with E-state index < -0.39 is 6.04 Å². The van der Waals surface area contributed by atoms with E-state index in [1.54, 1.807) is 16.2 Å². The number of amides is 1. The van der Waals surface area contributed by atoms with Crippen LogP contribution in [0.25, 0.3) is 0 Å². The van der Waals surface area contributed by atoms with Gasteiger partial charge in [0.15, 0.2) is 0 Å². The molecule has 0 N–H and O–H groups in total. The number of nitrogens with zero attached hydrogens (tertiary/aromatic N) is 2. The van der Waals surface area contributed by atoms with Gasteiger partial charge in [-0.3, -0.25) is 9.69 Å². The van der Waals surface area contributed by atoms with Crippen LogP contribution in [0.1, 0.15) is 23.2 Å². The first-order valence-electron chi connectivity index (χ1n) is 7.55. The number of hydrogen-bond donors (Lipinski definition) is 0. The minimum Gasteiger partial charge on any atom is -0.467 e. The number of ether oxygens (including phenoxy) is 1. The first kappa shape index (κ1) is 15.7. The molecule has 0 aliphatic carbocycles. The van der Waals surface area contributed by atoms with Crippen LogP contribution >= 0.6 is 11.3 Å². The predicted molar refractivity (Wildman–Crippen MR) is 88.6 cm³/mol. The molecule has 120 valence electrons. The largest absolute Gasteiger partial charge is 0.467 e. The van der Waals surface area contributed by atoms with Gasteiger partial charge in [-0.1, -0.05) is 25.1 Å². The normalized spacial score (nSPS) is 16.3. The first-order valence-corrected chi connectivity index (χ1v) is 8.43. The molecule has 0 spiro atoms. The third kappa shape index (κ3) is 2.99. The zero-order chi connectivity index (χ0) is 16.4. The Morgan fingerprint density at radius 2 is 2.17 bits per heavy atom. The molecule has 6 heteroatoms. The lowest BCUT2D eigenvalue weighted by atomic mass is 10.1. The maximum Gasteiger partial charge on any atom is 0.329 e. The molecule has 2 heterocycles. The van der Waals surface area contributed by atoms with E-state index in [4.69, 9.17) is 4.74 Å². The summed E-state index contributed by atoms with van der Waals surface area (Å²) in [6, 6.07) is 7.01. The van der Waals surface area contributed by atoms with Crippen LogP contribution in [-0.4, -0.2) is 30.0 Å². The molecule has 1 aromatic carbocycles. The number of fused-ring (bicyclic) bond motifs is 1. The Morgan fingerprint density at radius 1 is 1.39 bits per heavy atom. The van der Waals surface area contributed by atoms with Crippen molar-refractivity contribution in [2.45, 2.75) is 32.2 Å². The number of carbonyl (C=O) groups excluding carboxylic acids is 2. The highest BCUT2D eigenvalue weighted by atomic mass is 32.1. The Bertz CT molecular complexity index is 741. The SMILES string of the molecule is CCc1nc(CC(=O)N2c3ccccc3C[C@H]2C(=O)OC)cs1. The molecule has 1 aliphatic rings. The van der Waals surface area contributed by atoms with Crippen LogP contribution in [-0.2, 0) is 33.6 Å². The molecule has 1 aliphatic heterocycles. The molecule has 0 unspecified atom stereocenters. The number of aromatic nitrogens is 1. The average Bonchev–Trinajstić information content (AvgIpc) is 3.17. The second-order valence-corrected chi connectivity index (χ2v) is 6.34. The van der Waals surface area contributed by atoms with Crippen LogP contribution in [0.5, 0.6) is 0 Å². The maximum absolute atomic E-state index is 12.8. The van der Waals surface area contributed by atoms with Gasteiger partial charge in [-0.2, -0.15) is 0 Å². The zero-order valence-corrected chi connectivity index (χ0v) is 13.9. The molecule has 0 saturated heterocycles. The lowest BCUT2D eigenvalue weighted by Crippen LogP contribution is -2.44. The second kappa shape index (κ2) is 6.50. The molecule has 1 atom stereocenters. The van der Waals surface area contributed by atoms with Crippen molar-refractivity contribution in [3.63, 3.8) is 0 Å². The summed E-state index contributed by atoms with van der Waals surface area (Å²) in [5.74, 6) is -0.514. The molecule has 0 saturated carbocycles. The van der Waals surface area contributed by atoms with E-state index in [1.165, 1.54) is 7.11 Å². The maximum atomic E-state index is 12.8. The lowest BCUT2D eigenvalue weighted by Gasteiger charge is -2.23. The third-order valence-electron chi connectivity index (χ3n) is 3.95. The van der Waals surface area contributed by atoms with Gasteiger partial charge in [0, 0.05) is 17.5 Å². The number of benzene rings is 1. The van der Waals surface area contributed by atoms with Crippen LogP contribution in [0.4, 0.5) is 5.69 Å². The average molecular weight is 330 g/mol. The van der Waals surface area contributed by atoms with E-state index in [0.29, 0.717) is 6.42 Å². The standard InChI is InChI=1S/C17H18N2O3S/c1-3-15-18-12(10-23-15)9-16(20)19-13-7-5-4-6-11(13)8-14(19)17(21)22-2/h4-7,10,14H,3,8-9H2,1-2H3/t14-/m0/s1. The summed E-state index contributed by atoms with van der Waals surface area (Å²) in [7, 11) is 1.35. The van der Waals surface area contributed by atoms with Crippen LogP contribution in [0.15, 0.2) is 29.6 Å². The van der Waals surface area contributed by atoms with Crippen molar-refractivity contribution < 1.29 is 14.3 Å². The van der Waals surface area contributed by atoms with Crippen molar-refractivity contribution in [1.29, 1.82) is 0 Å². The Morgan fingerprint density at radius 3 is 2.87 bits per heavy atom. The van der Waals surface area contributed by atoms with Crippen molar-refractivity contribution in [1.82, 2.24) is 4.98 Å². The quantitative estimate of drug-likeness (QED) is 0.808. The van der Waals surface area contributed by atoms with Crippen LogP contribution in [0.3, 0.4) is 0 Å². The Hall–Kier alpha value is -2.21. The number of para-hydroxylation sites is 1. The molecule has 2 aromatic rings. The molecule has 0 bridgehead atoms. The van der Waals surface area contributed by atoms with Gasteiger partial charge < -0.3 is 4.74 Å². The number of thiazole rings is 1. The summed E-state index contributed by atoms with van der Waals surface area (Å²) >= 11 is 1.56. The van der Waals surface area contributed by atoms with Gasteiger partial charge in [0.1, 0.15) is 6.04 Å². The van der Waals surface area contributed by atoms with Crippen molar-refractivity contribution in [3.05, 3.63) is 45.9 Å². The van der Waals surface area contributed by atoms with E-state index in [9.17, 15) is 9.59 Å². The molecule has 1 amide bonds. The fourth-order valence-corrected chi connectivity index (χ4v) is 3.60. The number of carbonyl (C=O) groups is 2. The number of rotatable bonds is 4. The first-order chi connectivity index (χ1) is 11.1. The second-order valence-electron chi connectivity index (χ2n) is 5.40. The van der Waals surface area contributed by atoms with Crippen LogP contribution < -0.4 is 4.90 Å². The third-order valence-corrected chi connectivity index (χ3v) is 4.99. The van der Waals surface area contributed by atoms with E-state index in [0.717, 1.165) is 28.4 Å². The number of anilines is 1. The van der Waals surface area contributed by atoms with Gasteiger partial charge in [-0.05, 0) is 18.1 Å². The minimum atomic E-state index is -0.589. The monoisotopic (exact) mass is 330 g/mol. The number of methoxy groups -OCH3 is 1. The summed E-state index contributed by atoms with van der Waals surface area (Å²) in [6.45, 7) is 2.04. The van der Waals surface area contributed by atoms with Gasteiger partial charge in [0.05, 0.1) is 24.2 Å². The van der Waals surface area contributed by atoms with E-state index in [2.05, 4.69) is 4.98 Å². The highest BCUT2D eigenvalue weighted by Crippen LogP contribution is 2.33. The number of hydrogen-bond acceptors (Lipinski definition) is 5. The fraction of sp³-hybridized carbons (Fsp3) is 0.353.